The SMILES string of the molecule is CCOC1CCCN(Cc2ccc(F)c(C#CCN)c2)C1. The number of piperidine rings is 1. The molecule has 1 fully saturated rings. The molecule has 2 N–H and O–H groups in total. The predicted octanol–water partition coefficient (Wildman–Crippen LogP) is 2.14. The van der Waals surface area contributed by atoms with Gasteiger partial charge in [-0.15, -0.1) is 0 Å². The molecular formula is C17H23FN2O. The first-order valence-corrected chi connectivity index (χ1v) is 7.54. The van der Waals surface area contributed by atoms with Gasteiger partial charge in [-0.25, -0.2) is 4.39 Å². The van der Waals surface area contributed by atoms with Gasteiger partial charge >= 0.3 is 0 Å². The third-order valence-corrected chi connectivity index (χ3v) is 3.63. The molecule has 2 rings (SSSR count). The Morgan fingerprint density at radius 1 is 1.48 bits per heavy atom. The molecule has 1 aromatic carbocycles. The van der Waals surface area contributed by atoms with Gasteiger partial charge in [0.05, 0.1) is 18.2 Å². The first-order chi connectivity index (χ1) is 10.2. The molecule has 0 radical (unpaired) electrons. The molecule has 1 heterocycles. The van der Waals surface area contributed by atoms with Gasteiger partial charge in [-0.2, -0.15) is 0 Å². The van der Waals surface area contributed by atoms with Crippen molar-refractivity contribution in [3.05, 3.63) is 35.1 Å². The molecule has 0 aliphatic carbocycles. The Labute approximate surface area is 126 Å². The van der Waals surface area contributed by atoms with Gasteiger partial charge in [-0.1, -0.05) is 17.9 Å². The summed E-state index contributed by atoms with van der Waals surface area (Å²) in [5.74, 6) is 5.20. The summed E-state index contributed by atoms with van der Waals surface area (Å²) in [6.07, 6.45) is 2.59. The molecule has 0 aromatic heterocycles. The van der Waals surface area contributed by atoms with Gasteiger partial charge in [0.1, 0.15) is 5.82 Å². The Morgan fingerprint density at radius 3 is 3.10 bits per heavy atom. The van der Waals surface area contributed by atoms with E-state index in [4.69, 9.17) is 10.5 Å². The average molecular weight is 290 g/mol. The van der Waals surface area contributed by atoms with E-state index in [1.54, 1.807) is 0 Å². The van der Waals surface area contributed by atoms with Crippen molar-refractivity contribution in [2.75, 3.05) is 26.2 Å². The van der Waals surface area contributed by atoms with Crippen LogP contribution in [0.2, 0.25) is 0 Å². The number of rotatable bonds is 4. The van der Waals surface area contributed by atoms with Gasteiger partial charge < -0.3 is 10.5 Å². The minimum atomic E-state index is -0.287. The smallest absolute Gasteiger partial charge is 0.138 e. The molecule has 1 saturated heterocycles. The lowest BCUT2D eigenvalue weighted by atomic mass is 10.1. The fourth-order valence-electron chi connectivity index (χ4n) is 2.70. The maximum absolute atomic E-state index is 13.7. The first kappa shape index (κ1) is 16.0. The van der Waals surface area contributed by atoms with Crippen molar-refractivity contribution in [3.8, 4) is 11.8 Å². The summed E-state index contributed by atoms with van der Waals surface area (Å²) in [4.78, 5) is 2.36. The first-order valence-electron chi connectivity index (χ1n) is 7.54. The Kier molecular flexibility index (Phi) is 6.19. The normalized spacial score (nSPS) is 19.1. The average Bonchev–Trinajstić information content (AvgIpc) is 2.48. The molecule has 4 heteroatoms. The standard InChI is InChI=1S/C17H23FN2O/c1-2-21-16-6-4-10-20(13-16)12-14-7-8-17(18)15(11-14)5-3-9-19/h7-8,11,16H,2,4,6,9-10,12-13,19H2,1H3. The largest absolute Gasteiger partial charge is 0.377 e. The zero-order chi connectivity index (χ0) is 15.1. The van der Waals surface area contributed by atoms with Crippen LogP contribution in [0.4, 0.5) is 4.39 Å². The molecule has 1 aliphatic rings. The van der Waals surface area contributed by atoms with E-state index in [9.17, 15) is 4.39 Å². The van der Waals surface area contributed by atoms with Crippen LogP contribution in [0.5, 0.6) is 0 Å². The van der Waals surface area contributed by atoms with Crippen LogP contribution in [0.15, 0.2) is 18.2 Å². The molecule has 1 unspecified atom stereocenters. The fraction of sp³-hybridized carbons (Fsp3) is 0.529. The zero-order valence-corrected chi connectivity index (χ0v) is 12.6. The lowest BCUT2D eigenvalue weighted by molar-refractivity contribution is 0.00362. The highest BCUT2D eigenvalue weighted by molar-refractivity contribution is 5.38. The molecule has 21 heavy (non-hydrogen) atoms. The van der Waals surface area contributed by atoms with Gasteiger partial charge in [-0.3, -0.25) is 4.90 Å². The van der Waals surface area contributed by atoms with Crippen LogP contribution in [0.25, 0.3) is 0 Å². The van der Waals surface area contributed by atoms with Crippen molar-refractivity contribution in [1.82, 2.24) is 4.90 Å². The highest BCUT2D eigenvalue weighted by Crippen LogP contribution is 2.17. The van der Waals surface area contributed by atoms with Crippen LogP contribution < -0.4 is 5.73 Å². The second-order valence-corrected chi connectivity index (χ2v) is 5.27. The highest BCUT2D eigenvalue weighted by Gasteiger charge is 2.20. The molecule has 3 nitrogen and oxygen atoms in total. The molecule has 0 amide bonds. The summed E-state index contributed by atoms with van der Waals surface area (Å²) >= 11 is 0. The molecule has 0 saturated carbocycles. The number of nitrogens with zero attached hydrogens (tertiary/aromatic N) is 1. The van der Waals surface area contributed by atoms with Crippen molar-refractivity contribution >= 4 is 0 Å². The van der Waals surface area contributed by atoms with E-state index < -0.39 is 0 Å². The monoisotopic (exact) mass is 290 g/mol. The van der Waals surface area contributed by atoms with Crippen molar-refractivity contribution in [3.63, 3.8) is 0 Å². The molecule has 1 aromatic rings. The van der Waals surface area contributed by atoms with E-state index in [0.717, 1.165) is 44.6 Å². The lowest BCUT2D eigenvalue weighted by Crippen LogP contribution is -2.39. The lowest BCUT2D eigenvalue weighted by Gasteiger charge is -2.32. The minimum absolute atomic E-state index is 0.242. The maximum atomic E-state index is 13.7. The molecule has 0 bridgehead atoms. The number of likely N-dealkylation sites (tertiary alicyclic amines) is 1. The summed E-state index contributed by atoms with van der Waals surface area (Å²) in [7, 11) is 0. The number of halogens is 1. The van der Waals surface area contributed by atoms with E-state index >= 15 is 0 Å². The van der Waals surface area contributed by atoms with Gasteiger partial charge in [-0.05, 0) is 44.0 Å². The Balaban J connectivity index is 2.02. The van der Waals surface area contributed by atoms with Crippen LogP contribution >= 0.6 is 0 Å². The van der Waals surface area contributed by atoms with E-state index in [1.165, 1.54) is 6.07 Å². The van der Waals surface area contributed by atoms with Gasteiger partial charge in [0.25, 0.3) is 0 Å². The summed E-state index contributed by atoms with van der Waals surface area (Å²) < 4.78 is 19.4. The number of hydrogen-bond donors (Lipinski definition) is 1. The highest BCUT2D eigenvalue weighted by atomic mass is 19.1. The topological polar surface area (TPSA) is 38.5 Å². The Morgan fingerprint density at radius 2 is 2.33 bits per heavy atom. The van der Waals surface area contributed by atoms with Crippen molar-refractivity contribution in [2.45, 2.75) is 32.4 Å². The Hall–Kier alpha value is -1.41. The van der Waals surface area contributed by atoms with Gasteiger partial charge in [0.2, 0.25) is 0 Å². The van der Waals surface area contributed by atoms with Gasteiger partial charge in [0.15, 0.2) is 0 Å². The molecule has 1 atom stereocenters. The minimum Gasteiger partial charge on any atom is -0.377 e. The number of ether oxygens (including phenoxy) is 1. The van der Waals surface area contributed by atoms with E-state index in [-0.39, 0.29) is 12.4 Å². The Bertz CT molecular complexity index is 519. The van der Waals surface area contributed by atoms with Crippen molar-refractivity contribution in [1.29, 1.82) is 0 Å². The van der Waals surface area contributed by atoms with Gasteiger partial charge in [0, 0.05) is 19.7 Å². The molecule has 114 valence electrons. The number of nitrogens with two attached hydrogens (primary N) is 1. The molecular weight excluding hydrogens is 267 g/mol. The van der Waals surface area contributed by atoms with Crippen LogP contribution in [0.1, 0.15) is 30.9 Å². The fourth-order valence-corrected chi connectivity index (χ4v) is 2.70. The summed E-state index contributed by atoms with van der Waals surface area (Å²) in [6, 6.07) is 5.13. The molecule has 1 aliphatic heterocycles. The van der Waals surface area contributed by atoms with Crippen molar-refractivity contribution < 1.29 is 9.13 Å². The van der Waals surface area contributed by atoms with Crippen LogP contribution in [-0.2, 0) is 11.3 Å². The number of hydrogen-bond acceptors (Lipinski definition) is 3. The molecule has 0 spiro atoms. The van der Waals surface area contributed by atoms with E-state index in [1.807, 2.05) is 19.1 Å². The zero-order valence-electron chi connectivity index (χ0n) is 12.6. The summed E-state index contributed by atoms with van der Waals surface area (Å²) in [6.45, 7) is 5.84. The second kappa shape index (κ2) is 8.14. The summed E-state index contributed by atoms with van der Waals surface area (Å²) in [5.41, 5.74) is 6.85. The van der Waals surface area contributed by atoms with Crippen LogP contribution in [0, 0.1) is 17.7 Å². The van der Waals surface area contributed by atoms with E-state index in [0.29, 0.717) is 11.7 Å². The van der Waals surface area contributed by atoms with Crippen LogP contribution in [-0.4, -0.2) is 37.2 Å². The maximum Gasteiger partial charge on any atom is 0.138 e. The third-order valence-electron chi connectivity index (χ3n) is 3.63. The predicted molar refractivity (Wildman–Crippen MR) is 82.3 cm³/mol. The quantitative estimate of drug-likeness (QED) is 0.864. The van der Waals surface area contributed by atoms with E-state index in [2.05, 4.69) is 16.7 Å². The van der Waals surface area contributed by atoms with Crippen LogP contribution in [0.3, 0.4) is 0 Å². The third kappa shape index (κ3) is 4.82. The summed E-state index contributed by atoms with van der Waals surface area (Å²) in [5, 5.41) is 0. The second-order valence-electron chi connectivity index (χ2n) is 5.27. The van der Waals surface area contributed by atoms with Crippen molar-refractivity contribution in [2.24, 2.45) is 5.73 Å². The number of benzene rings is 1.